The van der Waals surface area contributed by atoms with Gasteiger partial charge in [-0.2, -0.15) is 0 Å². The second-order valence-corrected chi connectivity index (χ2v) is 9.41. The molecule has 0 aromatic heterocycles. The van der Waals surface area contributed by atoms with Crippen molar-refractivity contribution in [1.82, 2.24) is 10.6 Å². The van der Waals surface area contributed by atoms with Crippen LogP contribution in [0.5, 0.6) is 0 Å². The smallest absolute Gasteiger partial charge is 0.333 e. The van der Waals surface area contributed by atoms with Gasteiger partial charge in [0.2, 0.25) is 0 Å². The predicted molar refractivity (Wildman–Crippen MR) is 114 cm³/mol. The number of rotatable bonds is 12. The summed E-state index contributed by atoms with van der Waals surface area (Å²) in [6.07, 6.45) is 0.747. The molecule has 1 atom stereocenters. The number of hydrogen-bond donors (Lipinski definition) is 2. The van der Waals surface area contributed by atoms with E-state index in [2.05, 4.69) is 37.6 Å². The molecule has 2 N–H and O–H groups in total. The Morgan fingerprint density at radius 2 is 1.41 bits per heavy atom. The lowest BCUT2D eigenvalue weighted by molar-refractivity contribution is -0.142. The highest BCUT2D eigenvalue weighted by molar-refractivity contribution is 5.87. The molecule has 0 aliphatic heterocycles. The van der Waals surface area contributed by atoms with E-state index in [0.29, 0.717) is 24.2 Å². The topological polar surface area (TPSA) is 93.7 Å². The van der Waals surface area contributed by atoms with Gasteiger partial charge in [-0.1, -0.05) is 47.8 Å². The van der Waals surface area contributed by atoms with E-state index < -0.39 is 11.9 Å². The van der Waals surface area contributed by atoms with Crippen LogP contribution in [0.1, 0.15) is 54.9 Å². The summed E-state index contributed by atoms with van der Waals surface area (Å²) < 4.78 is 10.3. The van der Waals surface area contributed by atoms with Gasteiger partial charge in [0.05, 0.1) is 13.2 Å². The predicted octanol–water partition coefficient (Wildman–Crippen LogP) is 3.60. The highest BCUT2D eigenvalue weighted by Crippen LogP contribution is 2.33. The molecule has 0 aliphatic rings. The van der Waals surface area contributed by atoms with E-state index in [1.165, 1.54) is 0 Å². The van der Waals surface area contributed by atoms with Gasteiger partial charge in [-0.05, 0) is 31.1 Å². The Morgan fingerprint density at radius 3 is 1.93 bits per heavy atom. The summed E-state index contributed by atoms with van der Waals surface area (Å²) in [5, 5.41) is 5.65. The van der Waals surface area contributed by atoms with Gasteiger partial charge in [0.25, 0.3) is 0 Å². The molecular formula is C22H38N2O5. The zero-order valence-corrected chi connectivity index (χ0v) is 19.1. The summed E-state index contributed by atoms with van der Waals surface area (Å²) >= 11 is 0. The first-order chi connectivity index (χ1) is 13.1. The average Bonchev–Trinajstić information content (AvgIpc) is 2.59. The summed E-state index contributed by atoms with van der Waals surface area (Å²) in [5.41, 5.74) is 0.289. The molecule has 166 valence electrons. The molecule has 0 saturated heterocycles. The van der Waals surface area contributed by atoms with E-state index in [4.69, 9.17) is 9.47 Å². The van der Waals surface area contributed by atoms with E-state index in [1.807, 2.05) is 20.8 Å². The normalized spacial score (nSPS) is 12.5. The lowest BCUT2D eigenvalue weighted by atomic mass is 9.75. The molecule has 7 nitrogen and oxygen atoms in total. The van der Waals surface area contributed by atoms with Crippen LogP contribution in [0.4, 0.5) is 4.79 Å². The molecule has 0 spiro atoms. The van der Waals surface area contributed by atoms with Gasteiger partial charge in [-0.25, -0.2) is 14.4 Å². The lowest BCUT2D eigenvalue weighted by Gasteiger charge is -2.34. The number of carbonyl (C=O) groups excluding carboxylic acids is 3. The highest BCUT2D eigenvalue weighted by atomic mass is 16.5. The van der Waals surface area contributed by atoms with E-state index in [9.17, 15) is 14.4 Å². The minimum atomic E-state index is -0.431. The van der Waals surface area contributed by atoms with Gasteiger partial charge in [0, 0.05) is 30.2 Å². The fourth-order valence-electron chi connectivity index (χ4n) is 2.84. The van der Waals surface area contributed by atoms with E-state index in [1.54, 1.807) is 13.8 Å². The van der Waals surface area contributed by atoms with E-state index >= 15 is 0 Å². The van der Waals surface area contributed by atoms with Gasteiger partial charge >= 0.3 is 18.0 Å². The molecule has 0 saturated carbocycles. The zero-order chi connectivity index (χ0) is 22.8. The van der Waals surface area contributed by atoms with Crippen molar-refractivity contribution in [3.8, 4) is 0 Å². The van der Waals surface area contributed by atoms with Crippen molar-refractivity contribution in [2.45, 2.75) is 54.9 Å². The molecule has 0 bridgehead atoms. The standard InChI is InChI=1S/C22H38N2O5/c1-15(2)18(25)28-11-17(5)10-23-20(27)24-13-21(6,7)12-22(8,9)14-29-19(26)16(3)4/h17H,1,3,10-14H2,2,4-9H3,(H2,23,24,27). The van der Waals surface area contributed by atoms with Gasteiger partial charge in [0.1, 0.15) is 0 Å². The van der Waals surface area contributed by atoms with Gasteiger partial charge in [-0.15, -0.1) is 0 Å². The largest absolute Gasteiger partial charge is 0.462 e. The Morgan fingerprint density at radius 1 is 0.897 bits per heavy atom. The quantitative estimate of drug-likeness (QED) is 0.379. The minimum absolute atomic E-state index is 0.0148. The lowest BCUT2D eigenvalue weighted by Crippen LogP contribution is -2.44. The van der Waals surface area contributed by atoms with Crippen LogP contribution in [-0.4, -0.2) is 44.3 Å². The maximum absolute atomic E-state index is 12.1. The fraction of sp³-hybridized carbons (Fsp3) is 0.682. The Labute approximate surface area is 175 Å². The maximum atomic E-state index is 12.1. The fourth-order valence-corrected chi connectivity index (χ4v) is 2.84. The van der Waals surface area contributed by atoms with E-state index in [-0.39, 0.29) is 36.0 Å². The van der Waals surface area contributed by atoms with Crippen molar-refractivity contribution >= 4 is 18.0 Å². The van der Waals surface area contributed by atoms with Crippen LogP contribution in [0, 0.1) is 16.7 Å². The van der Waals surface area contributed by atoms with Crippen molar-refractivity contribution < 1.29 is 23.9 Å². The molecule has 0 heterocycles. The van der Waals surface area contributed by atoms with Crippen molar-refractivity contribution in [2.75, 3.05) is 26.3 Å². The third-order valence-electron chi connectivity index (χ3n) is 4.09. The van der Waals surface area contributed by atoms with Crippen molar-refractivity contribution in [1.29, 1.82) is 0 Å². The van der Waals surface area contributed by atoms with Crippen LogP contribution in [0.3, 0.4) is 0 Å². The number of amides is 2. The number of ether oxygens (including phenoxy) is 2. The van der Waals surface area contributed by atoms with Crippen LogP contribution in [-0.2, 0) is 19.1 Å². The number of carbonyl (C=O) groups is 3. The first-order valence-electron chi connectivity index (χ1n) is 9.82. The van der Waals surface area contributed by atoms with Crippen molar-refractivity contribution in [2.24, 2.45) is 16.7 Å². The number of nitrogens with one attached hydrogen (secondary N) is 2. The summed E-state index contributed by atoms with van der Waals surface area (Å²) in [4.78, 5) is 35.0. The minimum Gasteiger partial charge on any atom is -0.462 e. The number of hydrogen-bond acceptors (Lipinski definition) is 5. The van der Waals surface area contributed by atoms with Crippen LogP contribution >= 0.6 is 0 Å². The molecule has 0 radical (unpaired) electrons. The second kappa shape index (κ2) is 11.6. The average molecular weight is 411 g/mol. The molecule has 29 heavy (non-hydrogen) atoms. The first kappa shape index (κ1) is 26.7. The van der Waals surface area contributed by atoms with Crippen LogP contribution in [0.2, 0.25) is 0 Å². The SMILES string of the molecule is C=C(C)C(=O)OCC(C)CNC(=O)NCC(C)(C)CC(C)(C)COC(=O)C(=C)C. The summed E-state index contributed by atoms with van der Waals surface area (Å²) in [6.45, 7) is 21.7. The number of esters is 2. The monoisotopic (exact) mass is 410 g/mol. The second-order valence-electron chi connectivity index (χ2n) is 9.41. The van der Waals surface area contributed by atoms with Crippen LogP contribution in [0.15, 0.2) is 24.3 Å². The molecule has 7 heteroatoms. The van der Waals surface area contributed by atoms with Gasteiger partial charge < -0.3 is 20.1 Å². The molecule has 0 aliphatic carbocycles. The Bertz CT molecular complexity index is 623. The first-order valence-corrected chi connectivity index (χ1v) is 9.82. The summed E-state index contributed by atoms with van der Waals surface area (Å²) in [5.74, 6) is -0.838. The Hall–Kier alpha value is -2.31. The summed E-state index contributed by atoms with van der Waals surface area (Å²) in [7, 11) is 0. The number of urea groups is 1. The van der Waals surface area contributed by atoms with Crippen LogP contribution < -0.4 is 10.6 Å². The molecule has 0 rings (SSSR count). The molecule has 0 aromatic rings. The van der Waals surface area contributed by atoms with Crippen molar-refractivity contribution in [3.63, 3.8) is 0 Å². The third kappa shape index (κ3) is 12.7. The van der Waals surface area contributed by atoms with E-state index in [0.717, 1.165) is 6.42 Å². The zero-order valence-electron chi connectivity index (χ0n) is 19.1. The molecule has 2 amide bonds. The van der Waals surface area contributed by atoms with Gasteiger partial charge in [0.15, 0.2) is 0 Å². The Kier molecular flexibility index (Phi) is 10.7. The van der Waals surface area contributed by atoms with Crippen LogP contribution in [0.25, 0.3) is 0 Å². The Balaban J connectivity index is 4.31. The molecular weight excluding hydrogens is 372 g/mol. The van der Waals surface area contributed by atoms with Gasteiger partial charge in [-0.3, -0.25) is 0 Å². The van der Waals surface area contributed by atoms with Crippen molar-refractivity contribution in [3.05, 3.63) is 24.3 Å². The maximum Gasteiger partial charge on any atom is 0.333 e. The highest BCUT2D eigenvalue weighted by Gasteiger charge is 2.30. The summed E-state index contributed by atoms with van der Waals surface area (Å²) in [6, 6.07) is -0.275. The molecule has 0 fully saturated rings. The molecule has 1 unspecified atom stereocenters. The molecule has 0 aromatic carbocycles. The third-order valence-corrected chi connectivity index (χ3v) is 4.09.